The van der Waals surface area contributed by atoms with Crippen LogP contribution in [-0.4, -0.2) is 29.5 Å². The van der Waals surface area contributed by atoms with Gasteiger partial charge < -0.3 is 4.74 Å². The molecule has 1 heterocycles. The molecule has 3 rings (SSSR count). The lowest BCUT2D eigenvalue weighted by molar-refractivity contribution is -0.124. The van der Waals surface area contributed by atoms with Gasteiger partial charge in [0.25, 0.3) is 5.91 Å². The van der Waals surface area contributed by atoms with Gasteiger partial charge in [-0.3, -0.25) is 4.79 Å². The van der Waals surface area contributed by atoms with Crippen molar-refractivity contribution in [3.8, 4) is 0 Å². The average Bonchev–Trinajstić information content (AvgIpc) is 2.95. The molecule has 2 amide bonds. The lowest BCUT2D eigenvalue weighted by Crippen LogP contribution is -2.39. The average molecular weight is 321 g/mol. The van der Waals surface area contributed by atoms with E-state index < -0.39 is 6.09 Å². The fourth-order valence-corrected chi connectivity index (χ4v) is 2.69. The zero-order chi connectivity index (χ0) is 16.9. The number of benzene rings is 2. The molecule has 0 spiro atoms. The Kier molecular flexibility index (Phi) is 4.75. The van der Waals surface area contributed by atoms with Gasteiger partial charge in [-0.2, -0.15) is 0 Å². The van der Waals surface area contributed by atoms with Crippen LogP contribution in [0.2, 0.25) is 0 Å². The SMILES string of the molecule is Cc1ccc(/C=C/C(=O)N2C(=O)OC[C@@H]2Cc2ccccc2)cc1. The van der Waals surface area contributed by atoms with Crippen LogP contribution in [0.5, 0.6) is 0 Å². The van der Waals surface area contributed by atoms with Crippen molar-refractivity contribution in [2.75, 3.05) is 6.61 Å². The van der Waals surface area contributed by atoms with Gasteiger partial charge in [0.1, 0.15) is 6.61 Å². The first kappa shape index (κ1) is 16.0. The van der Waals surface area contributed by atoms with Crippen molar-refractivity contribution in [2.45, 2.75) is 19.4 Å². The van der Waals surface area contributed by atoms with Crippen molar-refractivity contribution >= 4 is 18.1 Å². The summed E-state index contributed by atoms with van der Waals surface area (Å²) in [5.41, 5.74) is 3.15. The Balaban J connectivity index is 1.71. The third-order valence-corrected chi connectivity index (χ3v) is 4.01. The van der Waals surface area contributed by atoms with Crippen LogP contribution in [0.25, 0.3) is 6.08 Å². The third-order valence-electron chi connectivity index (χ3n) is 4.01. The number of hydrogen-bond donors (Lipinski definition) is 0. The van der Waals surface area contributed by atoms with Crippen LogP contribution < -0.4 is 0 Å². The van der Waals surface area contributed by atoms with Gasteiger partial charge >= 0.3 is 6.09 Å². The summed E-state index contributed by atoms with van der Waals surface area (Å²) in [5.74, 6) is -0.348. The molecule has 0 N–H and O–H groups in total. The number of rotatable bonds is 4. The number of hydrogen-bond acceptors (Lipinski definition) is 3. The third kappa shape index (κ3) is 3.71. The molecule has 1 fully saturated rings. The van der Waals surface area contributed by atoms with E-state index in [-0.39, 0.29) is 18.6 Å². The van der Waals surface area contributed by atoms with Crippen molar-refractivity contribution in [3.63, 3.8) is 0 Å². The number of aryl methyl sites for hydroxylation is 1. The molecule has 4 nitrogen and oxygen atoms in total. The number of carbonyl (C=O) groups is 2. The summed E-state index contributed by atoms with van der Waals surface area (Å²) in [6.07, 6.45) is 3.16. The quantitative estimate of drug-likeness (QED) is 0.808. The Hall–Kier alpha value is -2.88. The highest BCUT2D eigenvalue weighted by atomic mass is 16.6. The molecule has 0 unspecified atom stereocenters. The highest BCUT2D eigenvalue weighted by Gasteiger charge is 2.36. The fraction of sp³-hybridized carbons (Fsp3) is 0.200. The summed E-state index contributed by atoms with van der Waals surface area (Å²) >= 11 is 0. The maximum absolute atomic E-state index is 12.4. The van der Waals surface area contributed by atoms with E-state index in [1.165, 1.54) is 11.0 Å². The van der Waals surface area contributed by atoms with Gasteiger partial charge in [-0.1, -0.05) is 60.2 Å². The van der Waals surface area contributed by atoms with Gasteiger partial charge in [0.05, 0.1) is 6.04 Å². The predicted molar refractivity (Wildman–Crippen MR) is 92.3 cm³/mol. The number of carbonyl (C=O) groups excluding carboxylic acids is 2. The molecule has 0 bridgehead atoms. The molecular weight excluding hydrogens is 302 g/mol. The number of nitrogens with zero attached hydrogens (tertiary/aromatic N) is 1. The number of amides is 2. The van der Waals surface area contributed by atoms with E-state index in [0.29, 0.717) is 6.42 Å². The van der Waals surface area contributed by atoms with E-state index >= 15 is 0 Å². The standard InChI is InChI=1S/C20H19NO3/c1-15-7-9-16(10-8-15)11-12-19(22)21-18(14-24-20(21)23)13-17-5-3-2-4-6-17/h2-12,18H,13-14H2,1H3/b12-11+/t18-/m0/s1. The summed E-state index contributed by atoms with van der Waals surface area (Å²) in [7, 11) is 0. The van der Waals surface area contributed by atoms with Crippen molar-refractivity contribution < 1.29 is 14.3 Å². The van der Waals surface area contributed by atoms with Gasteiger partial charge in [-0.25, -0.2) is 9.69 Å². The van der Waals surface area contributed by atoms with Crippen molar-refractivity contribution in [1.29, 1.82) is 0 Å². The summed E-state index contributed by atoms with van der Waals surface area (Å²) in [5, 5.41) is 0. The predicted octanol–water partition coefficient (Wildman–Crippen LogP) is 3.60. The van der Waals surface area contributed by atoms with Crippen LogP contribution in [0.4, 0.5) is 4.79 Å². The van der Waals surface area contributed by atoms with Crippen molar-refractivity contribution in [1.82, 2.24) is 4.90 Å². The zero-order valence-electron chi connectivity index (χ0n) is 13.5. The molecule has 122 valence electrons. The van der Waals surface area contributed by atoms with Crippen LogP contribution in [0.3, 0.4) is 0 Å². The van der Waals surface area contributed by atoms with Crippen LogP contribution in [0.15, 0.2) is 60.7 Å². The van der Waals surface area contributed by atoms with Gasteiger partial charge in [0.15, 0.2) is 0 Å². The number of ether oxygens (including phenoxy) is 1. The second-order valence-electron chi connectivity index (χ2n) is 5.87. The van der Waals surface area contributed by atoms with E-state index in [1.54, 1.807) is 6.08 Å². The Morgan fingerprint density at radius 1 is 1.17 bits per heavy atom. The molecule has 4 heteroatoms. The summed E-state index contributed by atoms with van der Waals surface area (Å²) in [4.78, 5) is 25.6. The smallest absolute Gasteiger partial charge is 0.417 e. The minimum atomic E-state index is -0.575. The Morgan fingerprint density at radius 3 is 2.58 bits per heavy atom. The maximum Gasteiger partial charge on any atom is 0.417 e. The molecule has 1 aliphatic heterocycles. The molecule has 1 aliphatic rings. The second kappa shape index (κ2) is 7.13. The normalized spacial score (nSPS) is 17.3. The molecule has 0 radical (unpaired) electrons. The van der Waals surface area contributed by atoms with Gasteiger partial charge in [0.2, 0.25) is 0 Å². The Morgan fingerprint density at radius 2 is 1.88 bits per heavy atom. The maximum atomic E-state index is 12.4. The molecule has 2 aromatic carbocycles. The van der Waals surface area contributed by atoms with E-state index in [9.17, 15) is 9.59 Å². The van der Waals surface area contributed by atoms with Crippen LogP contribution in [0, 0.1) is 6.92 Å². The van der Waals surface area contributed by atoms with Gasteiger partial charge in [-0.15, -0.1) is 0 Å². The molecule has 2 aromatic rings. The van der Waals surface area contributed by atoms with E-state index in [1.807, 2.05) is 61.5 Å². The zero-order valence-corrected chi connectivity index (χ0v) is 13.5. The molecule has 24 heavy (non-hydrogen) atoms. The molecule has 0 aliphatic carbocycles. The Labute approximate surface area is 141 Å². The number of imide groups is 1. The minimum Gasteiger partial charge on any atom is -0.447 e. The fourth-order valence-electron chi connectivity index (χ4n) is 2.69. The Bertz CT molecular complexity index is 750. The largest absolute Gasteiger partial charge is 0.447 e. The first-order valence-electron chi connectivity index (χ1n) is 7.92. The second-order valence-corrected chi connectivity index (χ2v) is 5.87. The lowest BCUT2D eigenvalue weighted by atomic mass is 10.1. The van der Waals surface area contributed by atoms with Gasteiger partial charge in [-0.05, 0) is 30.5 Å². The highest BCUT2D eigenvalue weighted by Crippen LogP contribution is 2.18. The van der Waals surface area contributed by atoms with Crippen molar-refractivity contribution in [2.24, 2.45) is 0 Å². The van der Waals surface area contributed by atoms with E-state index in [2.05, 4.69) is 0 Å². The monoisotopic (exact) mass is 321 g/mol. The molecule has 0 aromatic heterocycles. The van der Waals surface area contributed by atoms with Crippen LogP contribution >= 0.6 is 0 Å². The molecule has 0 saturated carbocycles. The lowest BCUT2D eigenvalue weighted by Gasteiger charge is -2.18. The minimum absolute atomic E-state index is 0.234. The topological polar surface area (TPSA) is 46.6 Å². The van der Waals surface area contributed by atoms with Crippen molar-refractivity contribution in [3.05, 3.63) is 77.4 Å². The van der Waals surface area contributed by atoms with E-state index in [0.717, 1.165) is 16.7 Å². The summed E-state index contributed by atoms with van der Waals surface area (Å²) < 4.78 is 5.07. The molecule has 1 saturated heterocycles. The first-order chi connectivity index (χ1) is 11.6. The summed E-state index contributed by atoms with van der Waals surface area (Å²) in [6, 6.07) is 17.3. The molecule has 1 atom stereocenters. The first-order valence-corrected chi connectivity index (χ1v) is 7.92. The van der Waals surface area contributed by atoms with Crippen LogP contribution in [-0.2, 0) is 16.0 Å². The van der Waals surface area contributed by atoms with Crippen LogP contribution in [0.1, 0.15) is 16.7 Å². The summed E-state index contributed by atoms with van der Waals surface area (Å²) in [6.45, 7) is 2.24. The highest BCUT2D eigenvalue weighted by molar-refractivity contribution is 6.02. The number of cyclic esters (lactones) is 1. The van der Waals surface area contributed by atoms with Gasteiger partial charge in [0, 0.05) is 6.08 Å². The molecular formula is C20H19NO3. The van der Waals surface area contributed by atoms with E-state index in [4.69, 9.17) is 4.74 Å².